The highest BCUT2D eigenvalue weighted by Crippen LogP contribution is 2.45. The van der Waals surface area contributed by atoms with E-state index in [0.717, 1.165) is 27.8 Å². The average molecular weight is 336 g/mol. The van der Waals surface area contributed by atoms with Crippen LogP contribution in [0.3, 0.4) is 0 Å². The fourth-order valence-electron chi connectivity index (χ4n) is 3.31. The number of ketones is 1. The van der Waals surface area contributed by atoms with Gasteiger partial charge < -0.3 is 4.74 Å². The highest BCUT2D eigenvalue weighted by molar-refractivity contribution is 5.98. The molecular formula is C22H24O3. The van der Waals surface area contributed by atoms with Crippen LogP contribution in [0.15, 0.2) is 42.5 Å². The van der Waals surface area contributed by atoms with E-state index >= 15 is 0 Å². The molecule has 0 aliphatic heterocycles. The fraction of sp³-hybridized carbons (Fsp3) is 0.364. The Morgan fingerprint density at radius 1 is 0.920 bits per heavy atom. The van der Waals surface area contributed by atoms with Crippen LogP contribution in [0.2, 0.25) is 0 Å². The molecule has 0 amide bonds. The average Bonchev–Trinajstić information content (AvgIpc) is 2.91. The monoisotopic (exact) mass is 336 g/mol. The molecule has 1 atom stereocenters. The van der Waals surface area contributed by atoms with Gasteiger partial charge in [0, 0.05) is 17.4 Å². The van der Waals surface area contributed by atoms with Crippen molar-refractivity contribution < 1.29 is 14.3 Å². The molecule has 3 rings (SSSR count). The lowest BCUT2D eigenvalue weighted by molar-refractivity contribution is -0.147. The SMILES string of the molecule is CC(C)C(=O)OCC1c2ccccc2-c2ccc(C(=O)C(C)C)cc21. The number of fused-ring (bicyclic) bond motifs is 3. The molecule has 0 saturated heterocycles. The van der Waals surface area contributed by atoms with Crippen LogP contribution < -0.4 is 0 Å². The Balaban J connectivity index is 2.00. The Labute approximate surface area is 149 Å². The number of ether oxygens (including phenoxy) is 1. The van der Waals surface area contributed by atoms with Crippen molar-refractivity contribution in [1.29, 1.82) is 0 Å². The van der Waals surface area contributed by atoms with Gasteiger partial charge in [-0.05, 0) is 28.3 Å². The van der Waals surface area contributed by atoms with E-state index in [4.69, 9.17) is 4.74 Å². The molecule has 0 bridgehead atoms. The molecule has 0 saturated carbocycles. The molecule has 130 valence electrons. The van der Waals surface area contributed by atoms with Crippen LogP contribution in [-0.2, 0) is 9.53 Å². The number of benzene rings is 2. The highest BCUT2D eigenvalue weighted by Gasteiger charge is 2.30. The highest BCUT2D eigenvalue weighted by atomic mass is 16.5. The smallest absolute Gasteiger partial charge is 0.308 e. The van der Waals surface area contributed by atoms with Crippen LogP contribution in [-0.4, -0.2) is 18.4 Å². The summed E-state index contributed by atoms with van der Waals surface area (Å²) in [6, 6.07) is 14.1. The zero-order valence-corrected chi connectivity index (χ0v) is 15.2. The molecule has 0 fully saturated rings. The van der Waals surface area contributed by atoms with Crippen LogP contribution in [0.5, 0.6) is 0 Å². The lowest BCUT2D eigenvalue weighted by atomic mass is 9.93. The third-order valence-electron chi connectivity index (χ3n) is 4.73. The summed E-state index contributed by atoms with van der Waals surface area (Å²) in [4.78, 5) is 24.3. The topological polar surface area (TPSA) is 43.4 Å². The molecule has 2 aromatic carbocycles. The lowest BCUT2D eigenvalue weighted by Crippen LogP contribution is -2.17. The molecule has 1 aliphatic carbocycles. The van der Waals surface area contributed by atoms with Crippen molar-refractivity contribution in [3.63, 3.8) is 0 Å². The molecule has 0 spiro atoms. The van der Waals surface area contributed by atoms with Crippen LogP contribution in [0.1, 0.15) is 55.1 Å². The van der Waals surface area contributed by atoms with Gasteiger partial charge in [-0.1, -0.05) is 64.1 Å². The largest absolute Gasteiger partial charge is 0.464 e. The van der Waals surface area contributed by atoms with Gasteiger partial charge in [0.15, 0.2) is 5.78 Å². The van der Waals surface area contributed by atoms with E-state index in [1.54, 1.807) is 0 Å². The Morgan fingerprint density at radius 2 is 1.60 bits per heavy atom. The van der Waals surface area contributed by atoms with E-state index in [9.17, 15) is 9.59 Å². The molecule has 3 nitrogen and oxygen atoms in total. The Bertz CT molecular complexity index is 818. The van der Waals surface area contributed by atoms with E-state index in [0.29, 0.717) is 6.61 Å². The minimum absolute atomic E-state index is 0.0196. The lowest BCUT2D eigenvalue weighted by Gasteiger charge is -2.16. The predicted octanol–water partition coefficient (Wildman–Crippen LogP) is 4.84. The molecule has 0 N–H and O–H groups in total. The summed E-state index contributed by atoms with van der Waals surface area (Å²) >= 11 is 0. The van der Waals surface area contributed by atoms with Gasteiger partial charge in [-0.25, -0.2) is 0 Å². The first-order valence-corrected chi connectivity index (χ1v) is 8.84. The first-order valence-electron chi connectivity index (χ1n) is 8.84. The maximum Gasteiger partial charge on any atom is 0.308 e. The van der Waals surface area contributed by atoms with E-state index in [1.807, 2.05) is 58.0 Å². The van der Waals surface area contributed by atoms with Gasteiger partial charge in [0.25, 0.3) is 0 Å². The third kappa shape index (κ3) is 3.23. The summed E-state index contributed by atoms with van der Waals surface area (Å²) in [5.74, 6) is -0.269. The summed E-state index contributed by atoms with van der Waals surface area (Å²) in [6.07, 6.45) is 0. The fourth-order valence-corrected chi connectivity index (χ4v) is 3.31. The Hall–Kier alpha value is -2.42. The second kappa shape index (κ2) is 6.83. The second-order valence-electron chi connectivity index (χ2n) is 7.25. The minimum atomic E-state index is -0.194. The number of esters is 1. The summed E-state index contributed by atoms with van der Waals surface area (Å²) in [5, 5.41) is 0. The molecule has 3 heteroatoms. The number of carbonyl (C=O) groups is 2. The van der Waals surface area contributed by atoms with Crippen LogP contribution >= 0.6 is 0 Å². The van der Waals surface area contributed by atoms with Crippen molar-refractivity contribution in [1.82, 2.24) is 0 Å². The molecule has 2 aromatic rings. The van der Waals surface area contributed by atoms with E-state index in [1.165, 1.54) is 0 Å². The van der Waals surface area contributed by atoms with Crippen molar-refractivity contribution in [3.05, 3.63) is 59.2 Å². The van der Waals surface area contributed by atoms with Crippen molar-refractivity contribution >= 4 is 11.8 Å². The first-order chi connectivity index (χ1) is 11.9. The van der Waals surface area contributed by atoms with Gasteiger partial charge in [-0.2, -0.15) is 0 Å². The van der Waals surface area contributed by atoms with Gasteiger partial charge in [-0.3, -0.25) is 9.59 Å². The van der Waals surface area contributed by atoms with Gasteiger partial charge >= 0.3 is 5.97 Å². The number of rotatable bonds is 5. The molecule has 0 radical (unpaired) electrons. The van der Waals surface area contributed by atoms with Crippen molar-refractivity contribution in [3.8, 4) is 11.1 Å². The van der Waals surface area contributed by atoms with Crippen molar-refractivity contribution in [2.45, 2.75) is 33.6 Å². The van der Waals surface area contributed by atoms with Gasteiger partial charge in [0.1, 0.15) is 6.61 Å². The quantitative estimate of drug-likeness (QED) is 0.580. The number of carbonyl (C=O) groups excluding carboxylic acids is 2. The number of hydrogen-bond donors (Lipinski definition) is 0. The Morgan fingerprint density at radius 3 is 2.28 bits per heavy atom. The number of Topliss-reactive ketones (excluding diaryl/α,β-unsaturated/α-hetero) is 1. The molecule has 1 unspecified atom stereocenters. The zero-order chi connectivity index (χ0) is 18.1. The third-order valence-corrected chi connectivity index (χ3v) is 4.73. The zero-order valence-electron chi connectivity index (χ0n) is 15.2. The minimum Gasteiger partial charge on any atom is -0.464 e. The first kappa shape index (κ1) is 17.4. The molecule has 1 aliphatic rings. The summed E-state index contributed by atoms with van der Waals surface area (Å²) in [7, 11) is 0. The normalized spacial score (nSPS) is 15.2. The molecular weight excluding hydrogens is 312 g/mol. The van der Waals surface area contributed by atoms with Gasteiger partial charge in [0.2, 0.25) is 0 Å². The van der Waals surface area contributed by atoms with E-state index in [-0.39, 0.29) is 29.5 Å². The molecule has 0 aromatic heterocycles. The molecule has 0 heterocycles. The van der Waals surface area contributed by atoms with E-state index < -0.39 is 0 Å². The standard InChI is InChI=1S/C22H24O3/c1-13(2)21(23)15-9-10-18-16-7-5-6-8-17(16)20(19(18)11-15)12-25-22(24)14(3)4/h5-11,13-14,20H,12H2,1-4H3. The summed E-state index contributed by atoms with van der Waals surface area (Å²) in [6.45, 7) is 7.79. The maximum atomic E-state index is 12.4. The van der Waals surface area contributed by atoms with Gasteiger partial charge in [-0.15, -0.1) is 0 Å². The maximum absolute atomic E-state index is 12.4. The Kier molecular flexibility index (Phi) is 4.76. The van der Waals surface area contributed by atoms with Gasteiger partial charge in [0.05, 0.1) is 5.92 Å². The summed E-state index contributed by atoms with van der Waals surface area (Å²) in [5.41, 5.74) is 5.24. The van der Waals surface area contributed by atoms with E-state index in [2.05, 4.69) is 12.1 Å². The second-order valence-corrected chi connectivity index (χ2v) is 7.25. The van der Waals surface area contributed by atoms with Crippen molar-refractivity contribution in [2.24, 2.45) is 11.8 Å². The number of hydrogen-bond acceptors (Lipinski definition) is 3. The summed E-state index contributed by atoms with van der Waals surface area (Å²) < 4.78 is 5.53. The van der Waals surface area contributed by atoms with Crippen LogP contribution in [0.4, 0.5) is 0 Å². The van der Waals surface area contributed by atoms with Crippen LogP contribution in [0, 0.1) is 11.8 Å². The molecule has 25 heavy (non-hydrogen) atoms. The predicted molar refractivity (Wildman–Crippen MR) is 98.7 cm³/mol. The van der Waals surface area contributed by atoms with Crippen LogP contribution in [0.25, 0.3) is 11.1 Å². The van der Waals surface area contributed by atoms with Crippen molar-refractivity contribution in [2.75, 3.05) is 6.61 Å².